The van der Waals surface area contributed by atoms with Crippen LogP contribution in [0.2, 0.25) is 0 Å². The molecule has 0 saturated heterocycles. The summed E-state index contributed by atoms with van der Waals surface area (Å²) in [6, 6.07) is 0. The molecule has 0 bridgehead atoms. The fraction of sp³-hybridized carbons (Fsp3) is 0.600. The maximum Gasteiger partial charge on any atom is 0.303 e. The number of allylic oxidation sites excluding steroid dienone is 1. The number of carbonyl (C=O) groups is 2. The van der Waals surface area contributed by atoms with Crippen LogP contribution in [0.4, 0.5) is 0 Å². The van der Waals surface area contributed by atoms with E-state index in [0.717, 1.165) is 6.42 Å². The van der Waals surface area contributed by atoms with Gasteiger partial charge in [0.2, 0.25) is 0 Å². The number of hydrogen-bond donors (Lipinski definition) is 0. The Balaban J connectivity index is 2.57. The van der Waals surface area contributed by atoms with Crippen molar-refractivity contribution in [2.24, 2.45) is 0 Å². The zero-order valence-corrected chi connectivity index (χ0v) is 8.36. The summed E-state index contributed by atoms with van der Waals surface area (Å²) >= 11 is 0. The minimum atomic E-state index is -0.426. The predicted molar refractivity (Wildman–Crippen MR) is 49.5 cm³/mol. The molecule has 1 rings (SSSR count). The van der Waals surface area contributed by atoms with Gasteiger partial charge in [-0.05, 0) is 18.9 Å². The van der Waals surface area contributed by atoms with Gasteiger partial charge in [-0.25, -0.2) is 0 Å². The zero-order chi connectivity index (χ0) is 10.6. The van der Waals surface area contributed by atoms with Crippen LogP contribution in [-0.4, -0.2) is 24.1 Å². The van der Waals surface area contributed by atoms with Gasteiger partial charge in [0.1, 0.15) is 6.10 Å². The lowest BCUT2D eigenvalue weighted by atomic mass is 10.0. The fourth-order valence-corrected chi connectivity index (χ4v) is 1.43. The van der Waals surface area contributed by atoms with E-state index in [4.69, 9.17) is 9.47 Å². The highest BCUT2D eigenvalue weighted by molar-refractivity contribution is 5.67. The van der Waals surface area contributed by atoms with Crippen molar-refractivity contribution < 1.29 is 19.1 Å². The quantitative estimate of drug-likeness (QED) is 0.494. The molecule has 0 amide bonds. The highest BCUT2D eigenvalue weighted by Crippen LogP contribution is 2.18. The van der Waals surface area contributed by atoms with Gasteiger partial charge in [-0.2, -0.15) is 0 Å². The van der Waals surface area contributed by atoms with Crippen LogP contribution in [-0.2, 0) is 19.1 Å². The van der Waals surface area contributed by atoms with Gasteiger partial charge in [0.15, 0.2) is 6.10 Å². The molecular formula is C10H14O4. The number of ether oxygens (including phenoxy) is 2. The molecule has 1 aliphatic rings. The van der Waals surface area contributed by atoms with Crippen molar-refractivity contribution in [3.63, 3.8) is 0 Å². The molecule has 2 atom stereocenters. The van der Waals surface area contributed by atoms with E-state index in [9.17, 15) is 9.59 Å². The van der Waals surface area contributed by atoms with Gasteiger partial charge in [-0.3, -0.25) is 9.59 Å². The minimum Gasteiger partial charge on any atom is -0.458 e. The second-order valence-electron chi connectivity index (χ2n) is 3.23. The number of rotatable bonds is 2. The van der Waals surface area contributed by atoms with Gasteiger partial charge < -0.3 is 9.47 Å². The van der Waals surface area contributed by atoms with Crippen molar-refractivity contribution in [2.75, 3.05) is 0 Å². The molecule has 0 spiro atoms. The molecule has 0 radical (unpaired) electrons. The lowest BCUT2D eigenvalue weighted by molar-refractivity contribution is -0.162. The molecule has 78 valence electrons. The first-order valence-electron chi connectivity index (χ1n) is 4.60. The van der Waals surface area contributed by atoms with Crippen LogP contribution in [0.5, 0.6) is 0 Å². The Bertz CT molecular complexity index is 257. The Morgan fingerprint density at radius 3 is 2.43 bits per heavy atom. The molecule has 4 nitrogen and oxygen atoms in total. The molecule has 1 aliphatic carbocycles. The molecule has 14 heavy (non-hydrogen) atoms. The van der Waals surface area contributed by atoms with Gasteiger partial charge in [0.05, 0.1) is 0 Å². The van der Waals surface area contributed by atoms with E-state index in [0.29, 0.717) is 6.42 Å². The van der Waals surface area contributed by atoms with E-state index in [-0.39, 0.29) is 18.0 Å². The Morgan fingerprint density at radius 1 is 1.21 bits per heavy atom. The smallest absolute Gasteiger partial charge is 0.303 e. The van der Waals surface area contributed by atoms with E-state index in [1.54, 1.807) is 6.08 Å². The van der Waals surface area contributed by atoms with Crippen molar-refractivity contribution in [3.8, 4) is 0 Å². The van der Waals surface area contributed by atoms with Crippen molar-refractivity contribution in [3.05, 3.63) is 12.2 Å². The van der Waals surface area contributed by atoms with Crippen LogP contribution < -0.4 is 0 Å². The summed E-state index contributed by atoms with van der Waals surface area (Å²) < 4.78 is 10.0. The van der Waals surface area contributed by atoms with E-state index in [2.05, 4.69) is 0 Å². The van der Waals surface area contributed by atoms with Gasteiger partial charge in [-0.1, -0.05) is 6.08 Å². The molecule has 0 aliphatic heterocycles. The third-order valence-electron chi connectivity index (χ3n) is 1.93. The molecule has 0 fully saturated rings. The van der Waals surface area contributed by atoms with Gasteiger partial charge in [0, 0.05) is 13.8 Å². The molecule has 0 saturated carbocycles. The lowest BCUT2D eigenvalue weighted by Gasteiger charge is -2.26. The first-order valence-corrected chi connectivity index (χ1v) is 4.60. The predicted octanol–water partition coefficient (Wildman–Crippen LogP) is 1.20. The monoisotopic (exact) mass is 198 g/mol. The van der Waals surface area contributed by atoms with E-state index in [1.165, 1.54) is 13.8 Å². The van der Waals surface area contributed by atoms with Crippen LogP contribution in [0.1, 0.15) is 26.7 Å². The van der Waals surface area contributed by atoms with Gasteiger partial charge >= 0.3 is 11.9 Å². The van der Waals surface area contributed by atoms with Crippen molar-refractivity contribution in [1.29, 1.82) is 0 Å². The number of esters is 2. The van der Waals surface area contributed by atoms with Crippen LogP contribution in [0.25, 0.3) is 0 Å². The number of hydrogen-bond acceptors (Lipinski definition) is 4. The normalized spacial score (nSPS) is 25.6. The summed E-state index contributed by atoms with van der Waals surface area (Å²) in [7, 11) is 0. The molecule has 0 unspecified atom stereocenters. The van der Waals surface area contributed by atoms with Gasteiger partial charge in [-0.15, -0.1) is 0 Å². The highest BCUT2D eigenvalue weighted by atomic mass is 16.6. The van der Waals surface area contributed by atoms with E-state index >= 15 is 0 Å². The average molecular weight is 198 g/mol. The maximum absolute atomic E-state index is 10.8. The molecule has 4 heteroatoms. The Labute approximate surface area is 82.9 Å². The summed E-state index contributed by atoms with van der Waals surface area (Å²) in [5.41, 5.74) is 0. The highest BCUT2D eigenvalue weighted by Gasteiger charge is 2.26. The van der Waals surface area contributed by atoms with Crippen LogP contribution in [0.15, 0.2) is 12.2 Å². The minimum absolute atomic E-state index is 0.332. The lowest BCUT2D eigenvalue weighted by Crippen LogP contribution is -2.34. The van der Waals surface area contributed by atoms with Crippen molar-refractivity contribution >= 4 is 11.9 Å². The van der Waals surface area contributed by atoms with Crippen LogP contribution in [0.3, 0.4) is 0 Å². The molecular weight excluding hydrogens is 184 g/mol. The molecule has 0 N–H and O–H groups in total. The fourth-order valence-electron chi connectivity index (χ4n) is 1.43. The Morgan fingerprint density at radius 2 is 1.86 bits per heavy atom. The van der Waals surface area contributed by atoms with E-state index in [1.807, 2.05) is 6.08 Å². The van der Waals surface area contributed by atoms with Crippen LogP contribution >= 0.6 is 0 Å². The van der Waals surface area contributed by atoms with Crippen molar-refractivity contribution in [1.82, 2.24) is 0 Å². The third-order valence-corrected chi connectivity index (χ3v) is 1.93. The maximum atomic E-state index is 10.8. The standard InChI is InChI=1S/C10H14O4/c1-7(11)13-9-5-3-4-6-10(9)14-8(2)12/h3,5,9-10H,4,6H2,1-2H3/t9-,10-/m1/s1. The molecule has 0 aromatic rings. The third kappa shape index (κ3) is 3.20. The van der Waals surface area contributed by atoms with Crippen LogP contribution in [0, 0.1) is 0 Å². The summed E-state index contributed by atoms with van der Waals surface area (Å²) in [6.45, 7) is 2.69. The average Bonchev–Trinajstić information content (AvgIpc) is 2.06. The SMILES string of the molecule is CC(=O)O[C@@H]1C=CCC[C@H]1OC(C)=O. The Hall–Kier alpha value is -1.32. The summed E-state index contributed by atoms with van der Waals surface area (Å²) in [6.07, 6.45) is 4.47. The molecule has 0 aromatic carbocycles. The van der Waals surface area contributed by atoms with Crippen molar-refractivity contribution in [2.45, 2.75) is 38.9 Å². The second-order valence-corrected chi connectivity index (χ2v) is 3.23. The summed E-state index contributed by atoms with van der Waals surface area (Å²) in [5.74, 6) is -0.707. The summed E-state index contributed by atoms with van der Waals surface area (Å²) in [4.78, 5) is 21.5. The largest absolute Gasteiger partial charge is 0.458 e. The van der Waals surface area contributed by atoms with Gasteiger partial charge in [0.25, 0.3) is 0 Å². The topological polar surface area (TPSA) is 52.6 Å². The zero-order valence-electron chi connectivity index (χ0n) is 8.36. The molecule has 0 heterocycles. The van der Waals surface area contributed by atoms with E-state index < -0.39 is 6.10 Å². The number of carbonyl (C=O) groups excluding carboxylic acids is 2. The first kappa shape index (κ1) is 10.8. The second kappa shape index (κ2) is 4.79. The summed E-state index contributed by atoms with van der Waals surface area (Å²) in [5, 5.41) is 0. The molecule has 0 aromatic heterocycles. The first-order chi connectivity index (χ1) is 6.59. The Kier molecular flexibility index (Phi) is 3.68.